The van der Waals surface area contributed by atoms with Crippen LogP contribution in [-0.4, -0.2) is 23.3 Å². The lowest BCUT2D eigenvalue weighted by Crippen LogP contribution is -2.32. The molecule has 5 heteroatoms. The maximum absolute atomic E-state index is 10.9. The number of hydrogen-bond donors (Lipinski definition) is 2. The second-order valence-corrected chi connectivity index (χ2v) is 3.66. The van der Waals surface area contributed by atoms with Crippen molar-refractivity contribution >= 4 is 17.6 Å². The first kappa shape index (κ1) is 11.8. The van der Waals surface area contributed by atoms with Gasteiger partial charge in [-0.15, -0.1) is 0 Å². The zero-order valence-electron chi connectivity index (χ0n) is 8.32. The van der Waals surface area contributed by atoms with Gasteiger partial charge in [0.05, 0.1) is 7.11 Å². The number of benzene rings is 1. The molecule has 82 valence electrons. The van der Waals surface area contributed by atoms with Gasteiger partial charge in [-0.1, -0.05) is 11.6 Å². The quantitative estimate of drug-likeness (QED) is 0.829. The molecule has 0 aromatic heterocycles. The summed E-state index contributed by atoms with van der Waals surface area (Å²) in [5, 5.41) is 19.0. The molecule has 1 aromatic carbocycles. The van der Waals surface area contributed by atoms with Crippen molar-refractivity contribution in [2.45, 2.75) is 12.5 Å². The standard InChI is InChI=1S/C10H11ClO4/c1-10(14,9(12)13)7-5-6(11)3-4-8(7)15-2/h3-5,14H,1-2H3,(H,12,13). The fraction of sp³-hybridized carbons (Fsp3) is 0.300. The molecule has 0 aliphatic heterocycles. The van der Waals surface area contributed by atoms with E-state index in [0.29, 0.717) is 5.02 Å². The van der Waals surface area contributed by atoms with Crippen LogP contribution in [0.4, 0.5) is 0 Å². The second kappa shape index (κ2) is 4.08. The molecule has 1 unspecified atom stereocenters. The lowest BCUT2D eigenvalue weighted by molar-refractivity contribution is -0.157. The number of carboxylic acid groups (broad SMARTS) is 1. The molecule has 2 N–H and O–H groups in total. The van der Waals surface area contributed by atoms with Gasteiger partial charge in [-0.3, -0.25) is 0 Å². The third-order valence-electron chi connectivity index (χ3n) is 2.10. The van der Waals surface area contributed by atoms with Crippen LogP contribution in [0.25, 0.3) is 0 Å². The summed E-state index contributed by atoms with van der Waals surface area (Å²) in [7, 11) is 1.39. The van der Waals surface area contributed by atoms with Crippen LogP contribution in [0.5, 0.6) is 5.75 Å². The van der Waals surface area contributed by atoms with Gasteiger partial charge in [0.1, 0.15) is 5.75 Å². The summed E-state index contributed by atoms with van der Waals surface area (Å²) < 4.78 is 4.95. The van der Waals surface area contributed by atoms with Crippen LogP contribution in [0.2, 0.25) is 5.02 Å². The molecule has 1 atom stereocenters. The predicted octanol–water partition coefficient (Wildman–Crippen LogP) is 1.64. The molecule has 0 saturated heterocycles. The normalized spacial score (nSPS) is 14.4. The van der Waals surface area contributed by atoms with Crippen LogP contribution in [0, 0.1) is 0 Å². The molecule has 0 spiro atoms. The molecule has 0 aliphatic carbocycles. The Morgan fingerprint density at radius 2 is 2.13 bits per heavy atom. The minimum Gasteiger partial charge on any atom is -0.496 e. The molecule has 0 amide bonds. The number of aliphatic carboxylic acids is 1. The van der Waals surface area contributed by atoms with E-state index < -0.39 is 11.6 Å². The number of methoxy groups -OCH3 is 1. The molecule has 0 saturated carbocycles. The van der Waals surface area contributed by atoms with Gasteiger partial charge >= 0.3 is 5.97 Å². The van der Waals surface area contributed by atoms with Crippen molar-refractivity contribution in [2.75, 3.05) is 7.11 Å². The van der Waals surface area contributed by atoms with Crippen molar-refractivity contribution in [2.24, 2.45) is 0 Å². The molecule has 0 bridgehead atoms. The van der Waals surface area contributed by atoms with Crippen molar-refractivity contribution in [3.8, 4) is 5.75 Å². The summed E-state index contributed by atoms with van der Waals surface area (Å²) in [4.78, 5) is 10.9. The summed E-state index contributed by atoms with van der Waals surface area (Å²) >= 11 is 5.72. The number of rotatable bonds is 3. The van der Waals surface area contributed by atoms with Crippen molar-refractivity contribution in [1.82, 2.24) is 0 Å². The number of aliphatic hydroxyl groups is 1. The van der Waals surface area contributed by atoms with Gasteiger partial charge in [-0.05, 0) is 25.1 Å². The Morgan fingerprint density at radius 3 is 2.60 bits per heavy atom. The van der Waals surface area contributed by atoms with Gasteiger partial charge in [0.2, 0.25) is 0 Å². The van der Waals surface area contributed by atoms with Crippen LogP contribution in [0.15, 0.2) is 18.2 Å². The number of carbonyl (C=O) groups is 1. The van der Waals surface area contributed by atoms with E-state index in [1.54, 1.807) is 6.07 Å². The zero-order chi connectivity index (χ0) is 11.6. The number of hydrogen-bond acceptors (Lipinski definition) is 3. The first-order chi connectivity index (χ1) is 6.89. The third kappa shape index (κ3) is 2.22. The largest absolute Gasteiger partial charge is 0.496 e. The van der Waals surface area contributed by atoms with Crippen LogP contribution < -0.4 is 4.74 Å². The number of halogens is 1. The Kier molecular flexibility index (Phi) is 3.21. The van der Waals surface area contributed by atoms with Crippen molar-refractivity contribution in [1.29, 1.82) is 0 Å². The molecule has 0 fully saturated rings. The molecule has 0 radical (unpaired) electrons. The highest BCUT2D eigenvalue weighted by Crippen LogP contribution is 2.32. The summed E-state index contributed by atoms with van der Waals surface area (Å²) in [5.74, 6) is -1.07. The number of carboxylic acids is 1. The lowest BCUT2D eigenvalue weighted by atomic mass is 9.95. The summed E-state index contributed by atoms with van der Waals surface area (Å²) in [6, 6.07) is 4.44. The molecule has 0 aliphatic rings. The fourth-order valence-electron chi connectivity index (χ4n) is 1.18. The summed E-state index contributed by atoms with van der Waals surface area (Å²) in [6.45, 7) is 1.17. The van der Waals surface area contributed by atoms with E-state index in [1.807, 2.05) is 0 Å². The molecule has 1 rings (SSSR count). The van der Waals surface area contributed by atoms with Crippen LogP contribution in [0.1, 0.15) is 12.5 Å². The van der Waals surface area contributed by atoms with E-state index in [9.17, 15) is 9.90 Å². The van der Waals surface area contributed by atoms with E-state index in [1.165, 1.54) is 26.2 Å². The van der Waals surface area contributed by atoms with Gasteiger partial charge < -0.3 is 14.9 Å². The monoisotopic (exact) mass is 230 g/mol. The topological polar surface area (TPSA) is 66.8 Å². The Hall–Kier alpha value is -1.26. The first-order valence-corrected chi connectivity index (χ1v) is 4.57. The average molecular weight is 231 g/mol. The highest BCUT2D eigenvalue weighted by molar-refractivity contribution is 6.30. The van der Waals surface area contributed by atoms with Gasteiger partial charge in [-0.2, -0.15) is 0 Å². The number of ether oxygens (including phenoxy) is 1. The summed E-state index contributed by atoms with van der Waals surface area (Å²) in [6.07, 6.45) is 0. The smallest absolute Gasteiger partial charge is 0.340 e. The second-order valence-electron chi connectivity index (χ2n) is 3.22. The predicted molar refractivity (Wildman–Crippen MR) is 55.2 cm³/mol. The molecular formula is C10H11ClO4. The Morgan fingerprint density at radius 1 is 1.53 bits per heavy atom. The minimum absolute atomic E-state index is 0.130. The van der Waals surface area contributed by atoms with Gasteiger partial charge in [0.25, 0.3) is 0 Å². The first-order valence-electron chi connectivity index (χ1n) is 4.19. The SMILES string of the molecule is COc1ccc(Cl)cc1C(C)(O)C(=O)O. The van der Waals surface area contributed by atoms with Gasteiger partial charge in [0.15, 0.2) is 5.60 Å². The van der Waals surface area contributed by atoms with E-state index in [-0.39, 0.29) is 11.3 Å². The van der Waals surface area contributed by atoms with Crippen LogP contribution in [0.3, 0.4) is 0 Å². The molecule has 1 aromatic rings. The molecule has 0 heterocycles. The molecule has 4 nitrogen and oxygen atoms in total. The highest BCUT2D eigenvalue weighted by atomic mass is 35.5. The van der Waals surface area contributed by atoms with E-state index in [4.69, 9.17) is 21.4 Å². The fourth-order valence-corrected chi connectivity index (χ4v) is 1.35. The maximum atomic E-state index is 10.9. The Balaban J connectivity index is 3.34. The minimum atomic E-state index is -2.02. The zero-order valence-corrected chi connectivity index (χ0v) is 9.08. The van der Waals surface area contributed by atoms with E-state index in [0.717, 1.165) is 0 Å². The molecular weight excluding hydrogens is 220 g/mol. The lowest BCUT2D eigenvalue weighted by Gasteiger charge is -2.21. The van der Waals surface area contributed by atoms with Gasteiger partial charge in [-0.25, -0.2) is 4.79 Å². The highest BCUT2D eigenvalue weighted by Gasteiger charge is 2.35. The maximum Gasteiger partial charge on any atom is 0.340 e. The third-order valence-corrected chi connectivity index (χ3v) is 2.34. The Labute approximate surface area is 92.1 Å². The summed E-state index contributed by atoms with van der Waals surface area (Å²) in [5.41, 5.74) is -1.89. The van der Waals surface area contributed by atoms with Crippen molar-refractivity contribution in [3.63, 3.8) is 0 Å². The molecule has 15 heavy (non-hydrogen) atoms. The van der Waals surface area contributed by atoms with Crippen LogP contribution in [-0.2, 0) is 10.4 Å². The van der Waals surface area contributed by atoms with Crippen molar-refractivity contribution < 1.29 is 19.7 Å². The van der Waals surface area contributed by atoms with E-state index in [2.05, 4.69) is 0 Å². The van der Waals surface area contributed by atoms with Crippen LogP contribution >= 0.6 is 11.6 Å². The Bertz CT molecular complexity index is 387. The average Bonchev–Trinajstić information content (AvgIpc) is 2.17. The van der Waals surface area contributed by atoms with E-state index >= 15 is 0 Å². The van der Waals surface area contributed by atoms with Gasteiger partial charge in [0, 0.05) is 10.6 Å². The van der Waals surface area contributed by atoms with Crippen molar-refractivity contribution in [3.05, 3.63) is 28.8 Å².